The summed E-state index contributed by atoms with van der Waals surface area (Å²) >= 11 is 3.39. The van der Waals surface area contributed by atoms with Gasteiger partial charge >= 0.3 is 0 Å². The standard InChI is InChI=1S/C15H19BrO3/c1-3-19-12-6-10(7-12)8-14(17)13-9-11(16)4-5-15(13)18-2/h4-5,9-10,12H,3,6-8H2,1-2H3. The summed E-state index contributed by atoms with van der Waals surface area (Å²) < 4.78 is 11.7. The molecular weight excluding hydrogens is 308 g/mol. The molecule has 0 aliphatic heterocycles. The lowest BCUT2D eigenvalue weighted by Gasteiger charge is -2.34. The first-order chi connectivity index (χ1) is 9.13. The molecule has 0 spiro atoms. The number of ether oxygens (including phenoxy) is 2. The maximum Gasteiger partial charge on any atom is 0.166 e. The summed E-state index contributed by atoms with van der Waals surface area (Å²) in [5.41, 5.74) is 0.664. The number of benzene rings is 1. The molecule has 0 atom stereocenters. The molecule has 0 amide bonds. The van der Waals surface area contributed by atoms with Gasteiger partial charge in [0, 0.05) is 17.5 Å². The van der Waals surface area contributed by atoms with Gasteiger partial charge in [0.1, 0.15) is 5.75 Å². The fraction of sp³-hybridized carbons (Fsp3) is 0.533. The summed E-state index contributed by atoms with van der Waals surface area (Å²) in [7, 11) is 1.59. The normalized spacial score (nSPS) is 21.8. The Morgan fingerprint density at radius 2 is 2.16 bits per heavy atom. The lowest BCUT2D eigenvalue weighted by atomic mass is 9.78. The molecule has 0 heterocycles. The highest BCUT2D eigenvalue weighted by Gasteiger charge is 2.31. The Morgan fingerprint density at radius 1 is 1.42 bits per heavy atom. The lowest BCUT2D eigenvalue weighted by molar-refractivity contribution is -0.0246. The largest absolute Gasteiger partial charge is 0.496 e. The summed E-state index contributed by atoms with van der Waals surface area (Å²) in [6, 6.07) is 5.53. The van der Waals surface area contributed by atoms with E-state index in [4.69, 9.17) is 9.47 Å². The average molecular weight is 327 g/mol. The first-order valence-electron chi connectivity index (χ1n) is 6.62. The number of carbonyl (C=O) groups excluding carboxylic acids is 1. The molecule has 1 aromatic rings. The number of halogens is 1. The second-order valence-corrected chi connectivity index (χ2v) is 5.80. The Balaban J connectivity index is 1.95. The first-order valence-corrected chi connectivity index (χ1v) is 7.41. The number of carbonyl (C=O) groups is 1. The fourth-order valence-electron chi connectivity index (χ4n) is 2.48. The minimum absolute atomic E-state index is 0.151. The van der Waals surface area contributed by atoms with E-state index in [1.165, 1.54) is 0 Å². The van der Waals surface area contributed by atoms with Gasteiger partial charge in [-0.3, -0.25) is 4.79 Å². The molecule has 1 fully saturated rings. The van der Waals surface area contributed by atoms with Gasteiger partial charge in [-0.1, -0.05) is 15.9 Å². The van der Waals surface area contributed by atoms with Crippen LogP contribution in [0.15, 0.2) is 22.7 Å². The molecule has 3 nitrogen and oxygen atoms in total. The van der Waals surface area contributed by atoms with Gasteiger partial charge in [0.15, 0.2) is 5.78 Å². The minimum atomic E-state index is 0.151. The third-order valence-electron chi connectivity index (χ3n) is 3.53. The van der Waals surface area contributed by atoms with Crippen LogP contribution in [0.25, 0.3) is 0 Å². The molecular formula is C15H19BrO3. The Labute approximate surface area is 122 Å². The highest BCUT2D eigenvalue weighted by Crippen LogP contribution is 2.35. The molecule has 0 unspecified atom stereocenters. The second kappa shape index (κ2) is 6.53. The summed E-state index contributed by atoms with van der Waals surface area (Å²) in [6.45, 7) is 2.76. The number of hydrogen-bond donors (Lipinski definition) is 0. The van der Waals surface area contributed by atoms with Crippen molar-refractivity contribution in [2.75, 3.05) is 13.7 Å². The van der Waals surface area contributed by atoms with E-state index < -0.39 is 0 Å². The number of ketones is 1. The Hall–Kier alpha value is -0.870. The van der Waals surface area contributed by atoms with Crippen LogP contribution < -0.4 is 4.74 Å². The van der Waals surface area contributed by atoms with E-state index >= 15 is 0 Å². The van der Waals surface area contributed by atoms with E-state index in [0.717, 1.165) is 23.9 Å². The van der Waals surface area contributed by atoms with E-state index in [1.54, 1.807) is 7.11 Å². The molecule has 1 aliphatic rings. The highest BCUT2D eigenvalue weighted by atomic mass is 79.9. The Bertz CT molecular complexity index is 453. The van der Waals surface area contributed by atoms with Gasteiger partial charge in [-0.15, -0.1) is 0 Å². The molecule has 0 N–H and O–H groups in total. The van der Waals surface area contributed by atoms with Crippen LogP contribution in [0.5, 0.6) is 5.75 Å². The molecule has 0 bridgehead atoms. The molecule has 4 heteroatoms. The molecule has 2 rings (SSSR count). The van der Waals surface area contributed by atoms with E-state index in [0.29, 0.717) is 29.8 Å². The van der Waals surface area contributed by atoms with Crippen LogP contribution in [0.2, 0.25) is 0 Å². The van der Waals surface area contributed by atoms with Crippen molar-refractivity contribution in [3.05, 3.63) is 28.2 Å². The second-order valence-electron chi connectivity index (χ2n) is 4.89. The molecule has 0 radical (unpaired) electrons. The maximum absolute atomic E-state index is 12.3. The predicted octanol–water partition coefficient (Wildman–Crippen LogP) is 3.85. The van der Waals surface area contributed by atoms with E-state index in [1.807, 2.05) is 25.1 Å². The number of rotatable bonds is 6. The van der Waals surface area contributed by atoms with Gasteiger partial charge in [-0.2, -0.15) is 0 Å². The van der Waals surface area contributed by atoms with Crippen molar-refractivity contribution < 1.29 is 14.3 Å². The maximum atomic E-state index is 12.3. The van der Waals surface area contributed by atoms with Crippen molar-refractivity contribution in [2.24, 2.45) is 5.92 Å². The third kappa shape index (κ3) is 3.57. The van der Waals surface area contributed by atoms with Crippen LogP contribution in [-0.2, 0) is 4.74 Å². The molecule has 1 aliphatic carbocycles. The van der Waals surface area contributed by atoms with Crippen molar-refractivity contribution in [3.8, 4) is 5.75 Å². The summed E-state index contributed by atoms with van der Waals surface area (Å²) in [5.74, 6) is 1.25. The third-order valence-corrected chi connectivity index (χ3v) is 4.02. The summed E-state index contributed by atoms with van der Waals surface area (Å²) in [4.78, 5) is 12.3. The van der Waals surface area contributed by atoms with E-state index in [-0.39, 0.29) is 5.78 Å². The minimum Gasteiger partial charge on any atom is -0.496 e. The van der Waals surface area contributed by atoms with Crippen LogP contribution in [-0.4, -0.2) is 25.6 Å². The van der Waals surface area contributed by atoms with Crippen LogP contribution in [0.3, 0.4) is 0 Å². The first kappa shape index (κ1) is 14.5. The van der Waals surface area contributed by atoms with Crippen molar-refractivity contribution >= 4 is 21.7 Å². The zero-order chi connectivity index (χ0) is 13.8. The highest BCUT2D eigenvalue weighted by molar-refractivity contribution is 9.10. The molecule has 19 heavy (non-hydrogen) atoms. The number of Topliss-reactive ketones (excluding diaryl/α,β-unsaturated/α-hetero) is 1. The zero-order valence-electron chi connectivity index (χ0n) is 11.3. The molecule has 1 aromatic carbocycles. The van der Waals surface area contributed by atoms with Crippen molar-refractivity contribution in [1.82, 2.24) is 0 Å². The van der Waals surface area contributed by atoms with Crippen LogP contribution >= 0.6 is 15.9 Å². The Kier molecular flexibility index (Phi) is 4.99. The van der Waals surface area contributed by atoms with Gasteiger partial charge in [-0.25, -0.2) is 0 Å². The van der Waals surface area contributed by atoms with Crippen molar-refractivity contribution in [2.45, 2.75) is 32.3 Å². The topological polar surface area (TPSA) is 35.5 Å². The smallest absolute Gasteiger partial charge is 0.166 e. The molecule has 1 saturated carbocycles. The fourth-order valence-corrected chi connectivity index (χ4v) is 2.84. The predicted molar refractivity (Wildman–Crippen MR) is 77.8 cm³/mol. The number of hydrogen-bond acceptors (Lipinski definition) is 3. The van der Waals surface area contributed by atoms with Crippen molar-refractivity contribution in [1.29, 1.82) is 0 Å². The SMILES string of the molecule is CCOC1CC(CC(=O)c2cc(Br)ccc2OC)C1. The monoisotopic (exact) mass is 326 g/mol. The zero-order valence-corrected chi connectivity index (χ0v) is 12.9. The Morgan fingerprint density at radius 3 is 2.79 bits per heavy atom. The number of methoxy groups -OCH3 is 1. The van der Waals surface area contributed by atoms with Gasteiger partial charge in [-0.05, 0) is 43.9 Å². The molecule has 0 saturated heterocycles. The summed E-state index contributed by atoms with van der Waals surface area (Å²) in [5, 5.41) is 0. The van der Waals surface area contributed by atoms with Crippen LogP contribution in [0, 0.1) is 5.92 Å². The average Bonchev–Trinajstić information content (AvgIpc) is 2.36. The quantitative estimate of drug-likeness (QED) is 0.745. The molecule has 0 aromatic heterocycles. The lowest BCUT2D eigenvalue weighted by Crippen LogP contribution is -2.32. The van der Waals surface area contributed by atoms with Gasteiger partial charge < -0.3 is 9.47 Å². The van der Waals surface area contributed by atoms with Crippen molar-refractivity contribution in [3.63, 3.8) is 0 Å². The van der Waals surface area contributed by atoms with E-state index in [2.05, 4.69) is 15.9 Å². The van der Waals surface area contributed by atoms with Gasteiger partial charge in [0.25, 0.3) is 0 Å². The summed E-state index contributed by atoms with van der Waals surface area (Å²) in [6.07, 6.45) is 2.93. The van der Waals surface area contributed by atoms with E-state index in [9.17, 15) is 4.79 Å². The van der Waals surface area contributed by atoms with Gasteiger partial charge in [0.05, 0.1) is 18.8 Å². The van der Waals surface area contributed by atoms with Gasteiger partial charge in [0.2, 0.25) is 0 Å². The molecule has 104 valence electrons. The van der Waals surface area contributed by atoms with Crippen LogP contribution in [0.1, 0.15) is 36.5 Å². The van der Waals surface area contributed by atoms with Crippen LogP contribution in [0.4, 0.5) is 0 Å².